The van der Waals surface area contributed by atoms with Gasteiger partial charge in [0.2, 0.25) is 0 Å². The molecule has 0 spiro atoms. The lowest BCUT2D eigenvalue weighted by Gasteiger charge is -2.32. The molecule has 0 aliphatic heterocycles. The Morgan fingerprint density at radius 2 is 2.40 bits per heavy atom. The van der Waals surface area contributed by atoms with Crippen LogP contribution in [0.5, 0.6) is 0 Å². The molecule has 0 saturated heterocycles. The molecule has 1 aromatic rings. The van der Waals surface area contributed by atoms with Crippen molar-refractivity contribution >= 4 is 17.2 Å². The number of nitrogens with one attached hydrogen (secondary N) is 1. The maximum Gasteiger partial charge on any atom is 0.261 e. The highest BCUT2D eigenvalue weighted by Crippen LogP contribution is 2.21. The fourth-order valence-corrected chi connectivity index (χ4v) is 2.74. The summed E-state index contributed by atoms with van der Waals surface area (Å²) in [6.45, 7) is 2.07. The largest absolute Gasteiger partial charge is 0.348 e. The van der Waals surface area contributed by atoms with E-state index >= 15 is 0 Å². The third-order valence-corrected chi connectivity index (χ3v) is 3.80. The minimum absolute atomic E-state index is 0.0683. The predicted molar refractivity (Wildman–Crippen MR) is 62.2 cm³/mol. The van der Waals surface area contributed by atoms with Crippen molar-refractivity contribution in [2.45, 2.75) is 38.3 Å². The summed E-state index contributed by atoms with van der Waals surface area (Å²) >= 11 is 1.52. The zero-order valence-electron chi connectivity index (χ0n) is 8.82. The summed E-state index contributed by atoms with van der Waals surface area (Å²) in [6, 6.07) is 2.59. The maximum atomic E-state index is 11.9. The molecule has 0 radical (unpaired) electrons. The molecule has 2 rings (SSSR count). The van der Waals surface area contributed by atoms with Crippen molar-refractivity contribution in [1.29, 1.82) is 0 Å². The summed E-state index contributed by atoms with van der Waals surface area (Å²) in [5, 5.41) is 4.99. The fourth-order valence-electron chi connectivity index (χ4n) is 1.84. The van der Waals surface area contributed by atoms with E-state index in [0.29, 0.717) is 6.04 Å². The first kappa shape index (κ1) is 10.6. The lowest BCUT2D eigenvalue weighted by atomic mass is 9.87. The van der Waals surface area contributed by atoms with Crippen molar-refractivity contribution in [3.63, 3.8) is 0 Å². The number of carbonyl (C=O) groups excluding carboxylic acids is 1. The summed E-state index contributed by atoms with van der Waals surface area (Å²) < 4.78 is 0. The van der Waals surface area contributed by atoms with Gasteiger partial charge in [-0.3, -0.25) is 4.79 Å². The fraction of sp³-hybridized carbons (Fsp3) is 0.545. The molecule has 0 bridgehead atoms. The van der Waals surface area contributed by atoms with Crippen molar-refractivity contribution in [3.05, 3.63) is 21.9 Å². The second kappa shape index (κ2) is 4.33. The molecule has 1 amide bonds. The molecule has 1 heterocycles. The van der Waals surface area contributed by atoms with Crippen LogP contribution in [0.4, 0.5) is 0 Å². The Balaban J connectivity index is 1.96. The number of thiophene rings is 1. The van der Waals surface area contributed by atoms with E-state index < -0.39 is 0 Å². The number of aryl methyl sites for hydroxylation is 1. The van der Waals surface area contributed by atoms with Crippen LogP contribution in [0.3, 0.4) is 0 Å². The Labute approximate surface area is 93.7 Å². The van der Waals surface area contributed by atoms with Crippen molar-refractivity contribution in [3.8, 4) is 0 Å². The van der Waals surface area contributed by atoms with E-state index in [1.165, 1.54) is 11.3 Å². The molecule has 82 valence electrons. The minimum atomic E-state index is 0.0683. The molecule has 0 atom stereocenters. The van der Waals surface area contributed by atoms with Gasteiger partial charge in [-0.25, -0.2) is 0 Å². The Hall–Kier alpha value is -0.870. The third-order valence-electron chi connectivity index (χ3n) is 2.84. The maximum absolute atomic E-state index is 11.9. The average molecular weight is 224 g/mol. The number of rotatable bonds is 3. The van der Waals surface area contributed by atoms with Gasteiger partial charge in [-0.1, -0.05) is 6.92 Å². The van der Waals surface area contributed by atoms with Gasteiger partial charge in [0.05, 0.1) is 4.88 Å². The molecule has 1 fully saturated rings. The van der Waals surface area contributed by atoms with Crippen molar-refractivity contribution < 1.29 is 4.79 Å². The van der Waals surface area contributed by atoms with Crippen LogP contribution in [-0.4, -0.2) is 18.0 Å². The molecule has 3 N–H and O–H groups in total. The van der Waals surface area contributed by atoms with Gasteiger partial charge in [0.15, 0.2) is 0 Å². The number of nitrogens with two attached hydrogens (primary N) is 1. The first-order chi connectivity index (χ1) is 7.20. The molecule has 15 heavy (non-hydrogen) atoms. The van der Waals surface area contributed by atoms with Crippen LogP contribution < -0.4 is 11.1 Å². The van der Waals surface area contributed by atoms with Gasteiger partial charge in [-0.2, -0.15) is 0 Å². The van der Waals surface area contributed by atoms with Crippen molar-refractivity contribution in [2.75, 3.05) is 0 Å². The molecule has 0 aromatic carbocycles. The summed E-state index contributed by atoms with van der Waals surface area (Å²) in [7, 11) is 0. The SMILES string of the molecule is CCc1ccsc1C(=O)NC1CC(N)C1. The molecular formula is C11H16N2OS. The van der Waals surface area contributed by atoms with Gasteiger partial charge in [0.25, 0.3) is 5.91 Å². The number of amides is 1. The first-order valence-corrected chi connectivity index (χ1v) is 6.21. The Kier molecular flexibility index (Phi) is 3.07. The summed E-state index contributed by atoms with van der Waals surface area (Å²) in [5.41, 5.74) is 6.81. The Bertz CT molecular complexity index is 355. The van der Waals surface area contributed by atoms with Gasteiger partial charge in [-0.15, -0.1) is 11.3 Å². The van der Waals surface area contributed by atoms with Gasteiger partial charge < -0.3 is 11.1 Å². The lowest BCUT2D eigenvalue weighted by Crippen LogP contribution is -2.50. The highest BCUT2D eigenvalue weighted by molar-refractivity contribution is 7.12. The van der Waals surface area contributed by atoms with E-state index in [2.05, 4.69) is 12.2 Å². The van der Waals surface area contributed by atoms with E-state index in [0.717, 1.165) is 29.7 Å². The van der Waals surface area contributed by atoms with Gasteiger partial charge in [-0.05, 0) is 36.3 Å². The number of hydrogen-bond acceptors (Lipinski definition) is 3. The van der Waals surface area contributed by atoms with Crippen LogP contribution in [0.25, 0.3) is 0 Å². The van der Waals surface area contributed by atoms with Crippen molar-refractivity contribution in [2.24, 2.45) is 5.73 Å². The topological polar surface area (TPSA) is 55.1 Å². The van der Waals surface area contributed by atoms with Crippen LogP contribution >= 0.6 is 11.3 Å². The minimum Gasteiger partial charge on any atom is -0.348 e. The highest BCUT2D eigenvalue weighted by atomic mass is 32.1. The molecule has 1 aliphatic rings. The summed E-state index contributed by atoms with van der Waals surface area (Å²) in [6.07, 6.45) is 2.74. The first-order valence-electron chi connectivity index (χ1n) is 5.33. The number of carbonyl (C=O) groups is 1. The molecule has 1 aromatic heterocycles. The van der Waals surface area contributed by atoms with E-state index in [9.17, 15) is 4.79 Å². The Morgan fingerprint density at radius 1 is 1.67 bits per heavy atom. The third kappa shape index (κ3) is 2.21. The highest BCUT2D eigenvalue weighted by Gasteiger charge is 2.28. The van der Waals surface area contributed by atoms with Crippen molar-refractivity contribution in [1.82, 2.24) is 5.32 Å². The second-order valence-corrected chi connectivity index (χ2v) is 4.95. The van der Waals surface area contributed by atoms with E-state index in [-0.39, 0.29) is 11.9 Å². The number of hydrogen-bond donors (Lipinski definition) is 2. The van der Waals surface area contributed by atoms with Crippen LogP contribution in [0, 0.1) is 0 Å². The van der Waals surface area contributed by atoms with E-state index in [4.69, 9.17) is 5.73 Å². The molecule has 1 saturated carbocycles. The molecule has 0 unspecified atom stereocenters. The van der Waals surface area contributed by atoms with Crippen LogP contribution in [0.1, 0.15) is 35.0 Å². The van der Waals surface area contributed by atoms with Crippen LogP contribution in [0.15, 0.2) is 11.4 Å². The van der Waals surface area contributed by atoms with Crippen LogP contribution in [-0.2, 0) is 6.42 Å². The Morgan fingerprint density at radius 3 is 3.00 bits per heavy atom. The lowest BCUT2D eigenvalue weighted by molar-refractivity contribution is 0.0913. The van der Waals surface area contributed by atoms with Gasteiger partial charge in [0.1, 0.15) is 0 Å². The second-order valence-electron chi connectivity index (χ2n) is 4.03. The van der Waals surface area contributed by atoms with Gasteiger partial charge >= 0.3 is 0 Å². The van der Waals surface area contributed by atoms with Crippen LogP contribution in [0.2, 0.25) is 0 Å². The van der Waals surface area contributed by atoms with E-state index in [1.54, 1.807) is 0 Å². The zero-order valence-corrected chi connectivity index (χ0v) is 9.64. The zero-order chi connectivity index (χ0) is 10.8. The standard InChI is InChI=1S/C11H16N2OS/c1-2-7-3-4-15-10(7)11(14)13-9-5-8(12)6-9/h3-4,8-9H,2,5-6,12H2,1H3,(H,13,14). The summed E-state index contributed by atoms with van der Waals surface area (Å²) in [4.78, 5) is 12.7. The smallest absolute Gasteiger partial charge is 0.261 e. The molecule has 1 aliphatic carbocycles. The quantitative estimate of drug-likeness (QED) is 0.818. The van der Waals surface area contributed by atoms with Gasteiger partial charge in [0, 0.05) is 12.1 Å². The van der Waals surface area contributed by atoms with E-state index in [1.807, 2.05) is 11.4 Å². The normalized spacial score (nSPS) is 24.7. The monoisotopic (exact) mass is 224 g/mol. The summed E-state index contributed by atoms with van der Waals surface area (Å²) in [5.74, 6) is 0.0683. The molecular weight excluding hydrogens is 208 g/mol. The molecule has 4 heteroatoms. The predicted octanol–water partition coefficient (Wildman–Crippen LogP) is 1.53. The molecule has 3 nitrogen and oxygen atoms in total. The average Bonchev–Trinajstić information content (AvgIpc) is 2.62.